The first kappa shape index (κ1) is 15.8. The quantitative estimate of drug-likeness (QED) is 0.757. The average Bonchev–Trinajstić information content (AvgIpc) is 2.98. The molecule has 4 nitrogen and oxygen atoms in total. The minimum Gasteiger partial charge on any atom is -0.469 e. The molecular weight excluding hydrogens is 252 g/mol. The lowest BCUT2D eigenvalue weighted by Gasteiger charge is -2.37. The smallest absolute Gasteiger partial charge is 0.305 e. The van der Waals surface area contributed by atoms with Crippen LogP contribution in [-0.2, 0) is 9.53 Å². The number of rotatable bonds is 6. The summed E-state index contributed by atoms with van der Waals surface area (Å²) in [6.45, 7) is 6.59. The van der Waals surface area contributed by atoms with E-state index in [-0.39, 0.29) is 5.97 Å². The Bertz CT molecular complexity index is 303. The van der Waals surface area contributed by atoms with E-state index in [1.807, 2.05) is 0 Å². The predicted molar refractivity (Wildman–Crippen MR) is 80.6 cm³/mol. The molecule has 0 spiro atoms. The number of nitrogens with zero attached hydrogens (tertiary/aromatic N) is 1. The van der Waals surface area contributed by atoms with E-state index in [0.717, 1.165) is 38.5 Å². The third-order valence-corrected chi connectivity index (χ3v) is 4.91. The van der Waals surface area contributed by atoms with E-state index in [2.05, 4.69) is 17.1 Å². The van der Waals surface area contributed by atoms with Crippen molar-refractivity contribution in [2.75, 3.05) is 33.3 Å². The Balaban J connectivity index is 1.79. The van der Waals surface area contributed by atoms with Crippen molar-refractivity contribution in [2.24, 2.45) is 11.8 Å². The SMILES string of the molecule is CCN1CC(CC(=O)OC)CC(NCC2CCCC2)C1. The normalized spacial score (nSPS) is 28.7. The number of methoxy groups -OCH3 is 1. The van der Waals surface area contributed by atoms with Crippen LogP contribution in [0.1, 0.15) is 45.4 Å². The number of hydrogen-bond acceptors (Lipinski definition) is 4. The molecule has 1 aliphatic heterocycles. The van der Waals surface area contributed by atoms with Crippen LogP contribution in [0.2, 0.25) is 0 Å². The number of likely N-dealkylation sites (N-methyl/N-ethyl adjacent to an activating group) is 1. The predicted octanol–water partition coefficient (Wildman–Crippen LogP) is 2.04. The van der Waals surface area contributed by atoms with Gasteiger partial charge in [0, 0.05) is 25.6 Å². The highest BCUT2D eigenvalue weighted by atomic mass is 16.5. The van der Waals surface area contributed by atoms with Gasteiger partial charge in [-0.05, 0) is 44.2 Å². The number of hydrogen-bond donors (Lipinski definition) is 1. The number of piperidine rings is 1. The molecule has 0 aromatic carbocycles. The topological polar surface area (TPSA) is 41.6 Å². The van der Waals surface area contributed by atoms with Crippen molar-refractivity contribution in [1.29, 1.82) is 0 Å². The highest BCUT2D eigenvalue weighted by Gasteiger charge is 2.28. The minimum atomic E-state index is -0.0671. The molecule has 1 saturated heterocycles. The largest absolute Gasteiger partial charge is 0.469 e. The van der Waals surface area contributed by atoms with Gasteiger partial charge in [-0.3, -0.25) is 4.79 Å². The summed E-state index contributed by atoms with van der Waals surface area (Å²) in [6, 6.07) is 0.541. The first-order chi connectivity index (χ1) is 9.71. The Kier molecular flexibility index (Phi) is 6.30. The molecule has 0 bridgehead atoms. The lowest BCUT2D eigenvalue weighted by atomic mass is 9.91. The lowest BCUT2D eigenvalue weighted by Crippen LogP contribution is -2.50. The molecule has 1 N–H and O–H groups in total. The van der Waals surface area contributed by atoms with Crippen LogP contribution in [0.4, 0.5) is 0 Å². The van der Waals surface area contributed by atoms with E-state index < -0.39 is 0 Å². The molecule has 0 aromatic rings. The second-order valence-corrected chi connectivity index (χ2v) is 6.49. The summed E-state index contributed by atoms with van der Waals surface area (Å²) in [6.07, 6.45) is 7.27. The number of carbonyl (C=O) groups is 1. The van der Waals surface area contributed by atoms with Crippen molar-refractivity contribution in [1.82, 2.24) is 10.2 Å². The summed E-state index contributed by atoms with van der Waals surface area (Å²) in [4.78, 5) is 13.9. The van der Waals surface area contributed by atoms with E-state index in [1.165, 1.54) is 32.8 Å². The van der Waals surface area contributed by atoms with Gasteiger partial charge in [0.05, 0.1) is 7.11 Å². The zero-order chi connectivity index (χ0) is 14.4. The van der Waals surface area contributed by atoms with Crippen LogP contribution in [0, 0.1) is 11.8 Å². The second kappa shape index (κ2) is 7.99. The van der Waals surface area contributed by atoms with Crippen molar-refractivity contribution in [3.63, 3.8) is 0 Å². The van der Waals surface area contributed by atoms with Crippen molar-refractivity contribution >= 4 is 5.97 Å². The Labute approximate surface area is 123 Å². The minimum absolute atomic E-state index is 0.0671. The summed E-state index contributed by atoms with van der Waals surface area (Å²) in [5.41, 5.74) is 0. The van der Waals surface area contributed by atoms with Crippen molar-refractivity contribution < 1.29 is 9.53 Å². The molecule has 0 amide bonds. The third kappa shape index (κ3) is 4.74. The molecular formula is C16H30N2O2. The van der Waals surface area contributed by atoms with Gasteiger partial charge in [0.15, 0.2) is 0 Å². The fraction of sp³-hybridized carbons (Fsp3) is 0.938. The summed E-state index contributed by atoms with van der Waals surface area (Å²) < 4.78 is 4.82. The molecule has 2 fully saturated rings. The number of nitrogens with one attached hydrogen (secondary N) is 1. The Morgan fingerprint density at radius 1 is 1.25 bits per heavy atom. The van der Waals surface area contributed by atoms with Gasteiger partial charge in [-0.25, -0.2) is 0 Å². The molecule has 116 valence electrons. The average molecular weight is 282 g/mol. The van der Waals surface area contributed by atoms with E-state index in [4.69, 9.17) is 4.74 Å². The van der Waals surface area contributed by atoms with Crippen LogP contribution < -0.4 is 5.32 Å². The molecule has 0 aromatic heterocycles. The van der Waals surface area contributed by atoms with Crippen LogP contribution in [0.3, 0.4) is 0 Å². The first-order valence-corrected chi connectivity index (χ1v) is 8.23. The molecule has 20 heavy (non-hydrogen) atoms. The highest BCUT2D eigenvalue weighted by Crippen LogP contribution is 2.25. The number of esters is 1. The molecule has 2 rings (SSSR count). The molecule has 1 saturated carbocycles. The van der Waals surface area contributed by atoms with E-state index >= 15 is 0 Å². The van der Waals surface area contributed by atoms with Gasteiger partial charge < -0.3 is 15.0 Å². The van der Waals surface area contributed by atoms with E-state index in [9.17, 15) is 4.79 Å². The molecule has 1 aliphatic carbocycles. The van der Waals surface area contributed by atoms with Gasteiger partial charge in [0.25, 0.3) is 0 Å². The molecule has 2 unspecified atom stereocenters. The van der Waals surface area contributed by atoms with Gasteiger partial charge in [0.2, 0.25) is 0 Å². The Morgan fingerprint density at radius 3 is 2.65 bits per heavy atom. The van der Waals surface area contributed by atoms with E-state index in [1.54, 1.807) is 0 Å². The summed E-state index contributed by atoms with van der Waals surface area (Å²) >= 11 is 0. The van der Waals surface area contributed by atoms with Gasteiger partial charge in [-0.1, -0.05) is 19.8 Å². The maximum Gasteiger partial charge on any atom is 0.305 e. The van der Waals surface area contributed by atoms with Crippen LogP contribution in [0.5, 0.6) is 0 Å². The van der Waals surface area contributed by atoms with Crippen LogP contribution in [0.15, 0.2) is 0 Å². The fourth-order valence-corrected chi connectivity index (χ4v) is 3.72. The van der Waals surface area contributed by atoms with Gasteiger partial charge in [0.1, 0.15) is 0 Å². The Hall–Kier alpha value is -0.610. The van der Waals surface area contributed by atoms with Gasteiger partial charge in [-0.15, -0.1) is 0 Å². The Morgan fingerprint density at radius 2 is 2.00 bits per heavy atom. The molecule has 0 radical (unpaired) electrons. The number of carbonyl (C=O) groups excluding carboxylic acids is 1. The fourth-order valence-electron chi connectivity index (χ4n) is 3.72. The van der Waals surface area contributed by atoms with Gasteiger partial charge >= 0.3 is 5.97 Å². The molecule has 4 heteroatoms. The van der Waals surface area contributed by atoms with Gasteiger partial charge in [-0.2, -0.15) is 0 Å². The van der Waals surface area contributed by atoms with Crippen LogP contribution in [0.25, 0.3) is 0 Å². The number of ether oxygens (including phenoxy) is 1. The lowest BCUT2D eigenvalue weighted by molar-refractivity contribution is -0.142. The zero-order valence-electron chi connectivity index (χ0n) is 13.1. The van der Waals surface area contributed by atoms with Crippen LogP contribution >= 0.6 is 0 Å². The maximum atomic E-state index is 11.5. The molecule has 2 aliphatic rings. The third-order valence-electron chi connectivity index (χ3n) is 4.91. The molecule has 2 atom stereocenters. The summed E-state index contributed by atoms with van der Waals surface area (Å²) in [7, 11) is 1.48. The summed E-state index contributed by atoms with van der Waals surface area (Å²) in [5.74, 6) is 1.26. The maximum absolute atomic E-state index is 11.5. The molecule has 1 heterocycles. The standard InChI is InChI=1S/C16H30N2O2/c1-3-18-11-14(9-16(19)20-2)8-15(12-18)17-10-13-6-4-5-7-13/h13-15,17H,3-12H2,1-2H3. The highest BCUT2D eigenvalue weighted by molar-refractivity contribution is 5.69. The second-order valence-electron chi connectivity index (χ2n) is 6.49. The van der Waals surface area contributed by atoms with Crippen molar-refractivity contribution in [2.45, 2.75) is 51.5 Å². The first-order valence-electron chi connectivity index (χ1n) is 8.23. The van der Waals surface area contributed by atoms with E-state index in [0.29, 0.717) is 18.4 Å². The van der Waals surface area contributed by atoms with Crippen molar-refractivity contribution in [3.8, 4) is 0 Å². The van der Waals surface area contributed by atoms with Crippen LogP contribution in [-0.4, -0.2) is 50.2 Å². The summed E-state index contributed by atoms with van der Waals surface area (Å²) in [5, 5.41) is 3.76. The van der Waals surface area contributed by atoms with Crippen molar-refractivity contribution in [3.05, 3.63) is 0 Å². The number of likely N-dealkylation sites (tertiary alicyclic amines) is 1. The monoisotopic (exact) mass is 282 g/mol. The zero-order valence-corrected chi connectivity index (χ0v) is 13.1.